The van der Waals surface area contributed by atoms with Crippen molar-refractivity contribution in [1.29, 1.82) is 0 Å². The molecule has 2 unspecified atom stereocenters. The molecule has 0 aliphatic heterocycles. The number of halogens is 2. The predicted octanol–water partition coefficient (Wildman–Crippen LogP) is 23.0. The summed E-state index contributed by atoms with van der Waals surface area (Å²) >= 11 is 0. The van der Waals surface area contributed by atoms with Crippen LogP contribution in [-0.2, 0) is 21.7 Å². The third-order valence-electron chi connectivity index (χ3n) is 19.0. The Bertz CT molecular complexity index is 4480. The molecule has 0 bridgehead atoms. The number of ether oxygens (including phenoxy) is 2. The molecule has 2 aliphatic carbocycles. The van der Waals surface area contributed by atoms with Crippen molar-refractivity contribution in [3.8, 4) is 44.9 Å². The number of rotatable bonds is 17. The van der Waals surface area contributed by atoms with E-state index in [-0.39, 0.29) is 22.5 Å². The molecule has 94 heavy (non-hydrogen) atoms. The number of hydrogen-bond donors (Lipinski definition) is 0. The van der Waals surface area contributed by atoms with Gasteiger partial charge in [-0.05, 0) is 197 Å². The second kappa shape index (κ2) is 24.3. The quantitative estimate of drug-likeness (QED) is 0.0849. The molecule has 2 aliphatic rings. The fourth-order valence-electron chi connectivity index (χ4n) is 14.5. The maximum Gasteiger partial charge on any atom is 0.147 e. The molecule has 0 N–H and O–H groups in total. The van der Waals surface area contributed by atoms with Crippen LogP contribution in [0.15, 0.2) is 304 Å². The monoisotopic (exact) mass is 1230 g/mol. The Morgan fingerprint density at radius 2 is 0.649 bits per heavy atom. The molecule has 6 heteroatoms. The van der Waals surface area contributed by atoms with Crippen LogP contribution in [0.25, 0.3) is 33.4 Å². The summed E-state index contributed by atoms with van der Waals surface area (Å²) in [6.07, 6.45) is 3.51. The molecule has 0 amide bonds. The van der Waals surface area contributed by atoms with Gasteiger partial charge in [0.05, 0.1) is 22.2 Å². The number of para-hydroxylation sites is 2. The Balaban J connectivity index is 0.861. The summed E-state index contributed by atoms with van der Waals surface area (Å²) in [7, 11) is 0. The van der Waals surface area contributed by atoms with Crippen molar-refractivity contribution in [3.63, 3.8) is 0 Å². The zero-order chi connectivity index (χ0) is 64.9. The minimum Gasteiger partial charge on any atom is -0.490 e. The van der Waals surface area contributed by atoms with Gasteiger partial charge in [-0.25, -0.2) is 8.78 Å². The molecular weight excluding hydrogens is 1150 g/mol. The molecule has 0 saturated heterocycles. The number of anilines is 6. The van der Waals surface area contributed by atoms with Gasteiger partial charge in [0.1, 0.15) is 36.3 Å². The minimum atomic E-state index is -0.752. The maximum atomic E-state index is 16.7. The SMILES string of the molecule is C=CCOc1ccc(C2(c3ccc(C(C)(C)C)cc3)c3ccccc3-c3ccc(N(c4ccc(-c5ccc(N(c6ccc7c(c6)C(c6ccc(OCC=C)cc6)(c6ccc(C(C)(C)C)cc6)c6ccccc6-7)c6ccccc6F)cc5)cc4)c4ccccc4F)cc32)cc1. The molecular formula is C88H74F2N2O2. The van der Waals surface area contributed by atoms with E-state index in [9.17, 15) is 0 Å². The first-order valence-electron chi connectivity index (χ1n) is 32.3. The topological polar surface area (TPSA) is 24.9 Å². The highest BCUT2D eigenvalue weighted by molar-refractivity contribution is 5.92. The van der Waals surface area contributed by atoms with Gasteiger partial charge in [0, 0.05) is 22.7 Å². The lowest BCUT2D eigenvalue weighted by molar-refractivity contribution is 0.363. The summed E-state index contributed by atoms with van der Waals surface area (Å²) < 4.78 is 45.4. The number of nitrogens with zero attached hydrogens (tertiary/aromatic N) is 2. The van der Waals surface area contributed by atoms with Gasteiger partial charge in [-0.3, -0.25) is 0 Å². The largest absolute Gasteiger partial charge is 0.490 e. The van der Waals surface area contributed by atoms with Crippen LogP contribution in [-0.4, -0.2) is 13.2 Å². The summed E-state index contributed by atoms with van der Waals surface area (Å²) in [6.45, 7) is 22.0. The average Bonchev–Trinajstić information content (AvgIpc) is 1.53. The highest BCUT2D eigenvalue weighted by atomic mass is 19.1. The van der Waals surface area contributed by atoms with Crippen LogP contribution in [0.4, 0.5) is 42.9 Å². The summed E-state index contributed by atoms with van der Waals surface area (Å²) in [5.41, 5.74) is 20.3. The smallest absolute Gasteiger partial charge is 0.147 e. The molecule has 462 valence electrons. The zero-order valence-corrected chi connectivity index (χ0v) is 54.0. The first kappa shape index (κ1) is 60.7. The predicted molar refractivity (Wildman–Crippen MR) is 385 cm³/mol. The van der Waals surface area contributed by atoms with Crippen LogP contribution in [0.5, 0.6) is 11.5 Å². The van der Waals surface area contributed by atoms with Gasteiger partial charge >= 0.3 is 0 Å². The van der Waals surface area contributed by atoms with Crippen LogP contribution in [0.2, 0.25) is 0 Å². The molecule has 14 rings (SSSR count). The molecule has 0 radical (unpaired) electrons. The van der Waals surface area contributed by atoms with Crippen LogP contribution >= 0.6 is 0 Å². The lowest BCUT2D eigenvalue weighted by Crippen LogP contribution is -2.29. The van der Waals surface area contributed by atoms with E-state index in [1.54, 1.807) is 24.3 Å². The second-order valence-electron chi connectivity index (χ2n) is 26.6. The molecule has 12 aromatic carbocycles. The molecule has 2 atom stereocenters. The number of hydrogen-bond acceptors (Lipinski definition) is 4. The van der Waals surface area contributed by atoms with Crippen LogP contribution in [0.1, 0.15) is 97.2 Å². The van der Waals surface area contributed by atoms with E-state index in [1.165, 1.54) is 34.4 Å². The van der Waals surface area contributed by atoms with Gasteiger partial charge in [0.2, 0.25) is 0 Å². The van der Waals surface area contributed by atoms with Crippen molar-refractivity contribution < 1.29 is 18.3 Å². The minimum absolute atomic E-state index is 0.0525. The van der Waals surface area contributed by atoms with E-state index in [1.807, 2.05) is 58.3 Å². The zero-order valence-electron chi connectivity index (χ0n) is 54.0. The van der Waals surface area contributed by atoms with Crippen molar-refractivity contribution in [2.24, 2.45) is 0 Å². The van der Waals surface area contributed by atoms with E-state index in [0.717, 1.165) is 101 Å². The highest BCUT2D eigenvalue weighted by Gasteiger charge is 2.48. The van der Waals surface area contributed by atoms with E-state index in [2.05, 4.69) is 261 Å². The number of benzene rings is 12. The maximum absolute atomic E-state index is 16.7. The molecule has 0 heterocycles. The second-order valence-corrected chi connectivity index (χ2v) is 26.6. The Labute approximate surface area is 552 Å². The Morgan fingerprint density at radius 1 is 0.340 bits per heavy atom. The molecule has 0 aromatic heterocycles. The van der Waals surface area contributed by atoms with Crippen molar-refractivity contribution in [2.75, 3.05) is 23.0 Å². The molecule has 0 saturated carbocycles. The summed E-state index contributed by atoms with van der Waals surface area (Å²) in [4.78, 5) is 4.05. The van der Waals surface area contributed by atoms with Gasteiger partial charge in [0.15, 0.2) is 0 Å². The van der Waals surface area contributed by atoms with Crippen LogP contribution in [0, 0.1) is 11.6 Å². The number of fused-ring (bicyclic) bond motifs is 6. The summed E-state index contributed by atoms with van der Waals surface area (Å²) in [5, 5.41) is 0. The average molecular weight is 1230 g/mol. The molecule has 0 spiro atoms. The summed E-state index contributed by atoms with van der Waals surface area (Å²) in [6, 6.07) is 96.2. The Morgan fingerprint density at radius 3 is 0.989 bits per heavy atom. The van der Waals surface area contributed by atoms with E-state index < -0.39 is 10.8 Å². The lowest BCUT2D eigenvalue weighted by Gasteiger charge is -2.35. The highest BCUT2D eigenvalue weighted by Crippen LogP contribution is 2.60. The van der Waals surface area contributed by atoms with Gasteiger partial charge in [-0.2, -0.15) is 0 Å². The van der Waals surface area contributed by atoms with Gasteiger partial charge in [-0.1, -0.05) is 249 Å². The first-order chi connectivity index (χ1) is 45.6. The van der Waals surface area contributed by atoms with E-state index >= 15 is 8.78 Å². The first-order valence-corrected chi connectivity index (χ1v) is 32.3. The van der Waals surface area contributed by atoms with Gasteiger partial charge < -0.3 is 19.3 Å². The normalized spacial score (nSPS) is 15.3. The third-order valence-corrected chi connectivity index (χ3v) is 19.0. The van der Waals surface area contributed by atoms with E-state index in [0.29, 0.717) is 24.6 Å². The van der Waals surface area contributed by atoms with Crippen molar-refractivity contribution >= 4 is 34.1 Å². The molecule has 4 nitrogen and oxygen atoms in total. The third kappa shape index (κ3) is 10.5. The summed E-state index contributed by atoms with van der Waals surface area (Å²) in [5.74, 6) is 0.825. The van der Waals surface area contributed by atoms with E-state index in [4.69, 9.17) is 9.47 Å². The van der Waals surface area contributed by atoms with Crippen LogP contribution < -0.4 is 19.3 Å². The Hall–Kier alpha value is -10.8. The Kier molecular flexibility index (Phi) is 15.7. The molecule has 12 aromatic rings. The fraction of sp³-hybridized carbons (Fsp3) is 0.136. The van der Waals surface area contributed by atoms with Crippen molar-refractivity contribution in [1.82, 2.24) is 0 Å². The fourth-order valence-corrected chi connectivity index (χ4v) is 14.5. The molecule has 0 fully saturated rings. The van der Waals surface area contributed by atoms with Crippen LogP contribution in [0.3, 0.4) is 0 Å². The van der Waals surface area contributed by atoms with Gasteiger partial charge in [-0.15, -0.1) is 0 Å². The standard InChI is InChI=1S/C88H74F2N2O2/c1-9-55-93-71-49-39-65(40-50-71)87(63-35-31-61(32-36-63)85(3,4)5)77-21-13-11-19-73(77)75-53-47-69(57-79(75)87)91(83-25-17-15-23-81(83)89)67-43-27-59(28-44-67)60-29-45-68(46-30-60)92(84-26-18-16-24-82(84)90)70-48-54-76-74-20-12-14-22-78(74)88(80(76)58-70,64-37-33-62(34-38-64)86(6,7)8)66-41-51-72(52-42-66)94-56-10-2/h9-54,57-58H,1-2,55-56H2,3-8H3. The lowest BCUT2D eigenvalue weighted by atomic mass is 9.67. The van der Waals surface area contributed by atoms with Crippen molar-refractivity contribution in [2.45, 2.75) is 63.2 Å². The van der Waals surface area contributed by atoms with Crippen molar-refractivity contribution in [3.05, 3.63) is 372 Å². The van der Waals surface area contributed by atoms with Gasteiger partial charge in [0.25, 0.3) is 0 Å².